The number of aliphatic hydroxyl groups excluding tert-OH is 1. The van der Waals surface area contributed by atoms with Gasteiger partial charge in [0.05, 0.1) is 59.4 Å². The van der Waals surface area contributed by atoms with Crippen molar-refractivity contribution in [1.82, 2.24) is 15.0 Å². The van der Waals surface area contributed by atoms with Crippen LogP contribution in [0.4, 0.5) is 21.2 Å². The number of fused-ring (bicyclic) bond motifs is 2. The van der Waals surface area contributed by atoms with Crippen molar-refractivity contribution in [1.29, 1.82) is 0 Å². The average Bonchev–Trinajstić information content (AvgIpc) is 4.02. The Morgan fingerprint density at radius 3 is 1.93 bits per heavy atom. The van der Waals surface area contributed by atoms with E-state index in [1.165, 1.54) is 10.0 Å². The molecule has 0 bridgehead atoms. The molecule has 1 aromatic heterocycles. The summed E-state index contributed by atoms with van der Waals surface area (Å²) in [5.41, 5.74) is 5.89. The first-order valence-electron chi connectivity index (χ1n) is 23.3. The first kappa shape index (κ1) is 44.9. The molecular formula is C53H53FN8O5Si. The zero-order chi connectivity index (χ0) is 47.2. The van der Waals surface area contributed by atoms with E-state index in [2.05, 4.69) is 10.3 Å². The third-order valence-electron chi connectivity index (χ3n) is 13.9. The van der Waals surface area contributed by atoms with Crippen molar-refractivity contribution in [3.63, 3.8) is 0 Å². The lowest BCUT2D eigenvalue weighted by Crippen LogP contribution is -2.45. The molecule has 6 aromatic rings. The van der Waals surface area contributed by atoms with E-state index in [9.17, 15) is 14.7 Å². The maximum atomic E-state index is 17.0. The number of anilines is 3. The van der Waals surface area contributed by atoms with Gasteiger partial charge in [0.25, 0.3) is 5.91 Å². The molecule has 0 radical (unpaired) electrons. The summed E-state index contributed by atoms with van der Waals surface area (Å²) in [5.74, 6) is -1.56. The fraction of sp³-hybridized carbons (Fsp3) is 0.302. The van der Waals surface area contributed by atoms with E-state index in [0.717, 1.165) is 33.7 Å². The molecule has 13 nitrogen and oxygen atoms in total. The maximum absolute atomic E-state index is 17.0. The minimum atomic E-state index is -3.55. The number of nitrogens with zero attached hydrogens (tertiary/aromatic N) is 8. The van der Waals surface area contributed by atoms with Crippen LogP contribution in [-0.4, -0.2) is 70.4 Å². The maximum Gasteiger partial charge on any atom is 0.264 e. The van der Waals surface area contributed by atoms with E-state index >= 15 is 8.90 Å². The number of carbonyl (C=O) groups is 3. The number of hydrogen-bond donors (Lipinski definition) is 1. The summed E-state index contributed by atoms with van der Waals surface area (Å²) in [7, 11) is -3.55. The number of hydrazone groups is 2. The molecule has 1 spiro atoms. The lowest BCUT2D eigenvalue weighted by Gasteiger charge is -2.31. The fourth-order valence-corrected chi connectivity index (χ4v) is 13.1. The van der Waals surface area contributed by atoms with Gasteiger partial charge in [-0.1, -0.05) is 115 Å². The second-order valence-electron chi connectivity index (χ2n) is 18.6. The number of rotatable bonds is 13. The molecule has 1 saturated heterocycles. The van der Waals surface area contributed by atoms with Gasteiger partial charge < -0.3 is 18.9 Å². The number of halogens is 1. The molecule has 3 amide bonds. The molecule has 1 fully saturated rings. The predicted octanol–water partition coefficient (Wildman–Crippen LogP) is 8.88. The van der Waals surface area contributed by atoms with Crippen LogP contribution in [0.1, 0.15) is 78.5 Å². The summed E-state index contributed by atoms with van der Waals surface area (Å²) in [6.07, 6.45) is 3.11. The van der Waals surface area contributed by atoms with Gasteiger partial charge in [-0.05, 0) is 72.1 Å². The third-order valence-corrected chi connectivity index (χ3v) is 16.4. The molecule has 4 aliphatic heterocycles. The van der Waals surface area contributed by atoms with Crippen LogP contribution >= 0.6 is 0 Å². The number of benzene rings is 5. The molecule has 10 rings (SSSR count). The number of amides is 3. The molecule has 15 heteroatoms. The Morgan fingerprint density at radius 2 is 1.34 bits per heavy atom. The molecule has 346 valence electrons. The fourth-order valence-electron chi connectivity index (χ4n) is 10.6. The highest BCUT2D eigenvalue weighted by Gasteiger charge is 2.66. The Hall–Kier alpha value is -6.94. The predicted molar refractivity (Wildman–Crippen MR) is 262 cm³/mol. The highest BCUT2D eigenvalue weighted by molar-refractivity contribution is 6.72. The van der Waals surface area contributed by atoms with Gasteiger partial charge in [-0.25, -0.2) is 10.0 Å². The molecule has 4 aliphatic rings. The minimum Gasteiger partial charge on any atom is -0.395 e. The van der Waals surface area contributed by atoms with Crippen molar-refractivity contribution in [2.45, 2.75) is 88.4 Å². The zero-order valence-electron chi connectivity index (χ0n) is 38.3. The second-order valence-corrected chi connectivity index (χ2v) is 22.4. The van der Waals surface area contributed by atoms with Gasteiger partial charge in [0.15, 0.2) is 5.60 Å². The van der Waals surface area contributed by atoms with Crippen molar-refractivity contribution in [2.75, 3.05) is 21.5 Å². The standard InChI is InChI=1S/C53H53FN8O5Si/c1-35-51(68(2,3)54)48(29-30-59-33-46(55-58-59)42(34-63)37-13-7-4-8-14-37)67-53(35)43-31-41(62-50(65)28-25-45(57-62)39-17-11-6-12-18-39)23-26-47(43)60(52(53)66)32-36-19-21-40(22-20-36)61-49(64)27-24-44(56-61)38-15-9-5-10-16-38/h4-23,26,31,33,35,42,48,51,63H,24-25,27-30,32,34H2,1-3H3/t35-,42?,48+,51-,53+/m0/s1. The normalized spacial score (nSPS) is 22.2. The number of aliphatic hydroxyl groups is 1. The largest absolute Gasteiger partial charge is 0.395 e. The summed E-state index contributed by atoms with van der Waals surface area (Å²) in [4.78, 5) is 44.1. The number of aromatic nitrogens is 3. The smallest absolute Gasteiger partial charge is 0.264 e. The summed E-state index contributed by atoms with van der Waals surface area (Å²) in [6, 6.07) is 42.1. The molecule has 1 unspecified atom stereocenters. The number of ether oxygens (including phenoxy) is 1. The van der Waals surface area contributed by atoms with E-state index in [-0.39, 0.29) is 43.2 Å². The first-order chi connectivity index (χ1) is 32.9. The highest BCUT2D eigenvalue weighted by Crippen LogP contribution is 2.61. The van der Waals surface area contributed by atoms with Crippen LogP contribution in [0, 0.1) is 5.92 Å². The molecule has 68 heavy (non-hydrogen) atoms. The van der Waals surface area contributed by atoms with Crippen molar-refractivity contribution in [3.8, 4) is 0 Å². The van der Waals surface area contributed by atoms with Crippen molar-refractivity contribution >= 4 is 54.6 Å². The van der Waals surface area contributed by atoms with E-state index in [1.54, 1.807) is 34.9 Å². The Bertz CT molecular complexity index is 2910. The molecule has 5 atom stereocenters. The molecule has 5 aromatic carbocycles. The number of aryl methyl sites for hydroxylation is 1. The van der Waals surface area contributed by atoms with Gasteiger partial charge in [0.1, 0.15) is 0 Å². The van der Waals surface area contributed by atoms with Crippen LogP contribution in [0.15, 0.2) is 150 Å². The van der Waals surface area contributed by atoms with Crippen LogP contribution in [0.5, 0.6) is 0 Å². The van der Waals surface area contributed by atoms with Gasteiger partial charge in [-0.3, -0.25) is 19.1 Å². The molecule has 1 N–H and O–H groups in total. The van der Waals surface area contributed by atoms with Gasteiger partial charge in [0.2, 0.25) is 20.2 Å². The first-order valence-corrected chi connectivity index (χ1v) is 26.3. The summed E-state index contributed by atoms with van der Waals surface area (Å²) in [5, 5.41) is 31.6. The van der Waals surface area contributed by atoms with E-state index < -0.39 is 31.6 Å². The number of hydrogen-bond acceptors (Lipinski definition) is 9. The van der Waals surface area contributed by atoms with Crippen LogP contribution < -0.4 is 14.9 Å². The van der Waals surface area contributed by atoms with E-state index in [1.807, 2.05) is 134 Å². The topological polar surface area (TPSA) is 146 Å². The second kappa shape index (κ2) is 18.3. The van der Waals surface area contributed by atoms with Gasteiger partial charge in [0, 0.05) is 55.4 Å². The van der Waals surface area contributed by atoms with Crippen LogP contribution in [-0.2, 0) is 37.8 Å². The Morgan fingerprint density at radius 1 is 0.765 bits per heavy atom. The Kier molecular flexibility index (Phi) is 12.1. The lowest BCUT2D eigenvalue weighted by atomic mass is 9.82. The average molecular weight is 929 g/mol. The molecular weight excluding hydrogens is 876 g/mol. The van der Waals surface area contributed by atoms with E-state index in [4.69, 9.17) is 14.9 Å². The van der Waals surface area contributed by atoms with Crippen molar-refractivity contribution < 1.29 is 28.3 Å². The van der Waals surface area contributed by atoms with Crippen LogP contribution in [0.3, 0.4) is 0 Å². The van der Waals surface area contributed by atoms with Crippen molar-refractivity contribution in [2.24, 2.45) is 16.1 Å². The summed E-state index contributed by atoms with van der Waals surface area (Å²) in [6.45, 7) is 5.61. The van der Waals surface area contributed by atoms with Gasteiger partial charge >= 0.3 is 0 Å². The quantitative estimate of drug-likeness (QED) is 0.0900. The van der Waals surface area contributed by atoms with Crippen LogP contribution in [0.2, 0.25) is 18.6 Å². The summed E-state index contributed by atoms with van der Waals surface area (Å²) >= 11 is 0. The van der Waals surface area contributed by atoms with E-state index in [0.29, 0.717) is 60.5 Å². The molecule has 5 heterocycles. The Labute approximate surface area is 395 Å². The van der Waals surface area contributed by atoms with Gasteiger partial charge in [-0.2, -0.15) is 10.2 Å². The van der Waals surface area contributed by atoms with Crippen molar-refractivity contribution in [3.05, 3.63) is 173 Å². The third kappa shape index (κ3) is 8.28. The Balaban J connectivity index is 0.990. The number of carbonyl (C=O) groups excluding carboxylic acids is 3. The highest BCUT2D eigenvalue weighted by atomic mass is 28.4. The van der Waals surface area contributed by atoms with Gasteiger partial charge in [-0.15, -0.1) is 5.10 Å². The monoisotopic (exact) mass is 928 g/mol. The SMILES string of the molecule is C[C@H]1[C@H]([Si](C)(C)F)[C@@H](CCn2cc(C(CO)c3ccccc3)nn2)O[C@]12C(=O)N(Cc1ccc(N3N=C(c4ccccc4)CCC3=O)cc1)c1ccc(N3N=C(c4ccccc4)CCC3=O)cc12. The molecule has 0 saturated carbocycles. The lowest BCUT2D eigenvalue weighted by molar-refractivity contribution is -0.146. The zero-order valence-corrected chi connectivity index (χ0v) is 39.3. The summed E-state index contributed by atoms with van der Waals surface area (Å²) < 4.78 is 25.8. The minimum absolute atomic E-state index is 0.104. The van der Waals surface area contributed by atoms with Crippen LogP contribution in [0.25, 0.3) is 0 Å². The molecule has 0 aliphatic carbocycles.